The minimum atomic E-state index is -0.895. The number of carbonyl (C=O) groups excluding carboxylic acids is 2. The summed E-state index contributed by atoms with van der Waals surface area (Å²) in [5, 5.41) is 8.53. The molecule has 0 radical (unpaired) electrons. The van der Waals surface area contributed by atoms with Gasteiger partial charge in [-0.25, -0.2) is 9.59 Å². The van der Waals surface area contributed by atoms with Crippen LogP contribution in [0.4, 0.5) is 9.59 Å². The average molecular weight is 449 g/mol. The topological polar surface area (TPSA) is 105 Å². The molecule has 0 bridgehead atoms. The molecule has 10 heteroatoms. The molecule has 170 valence electrons. The molecule has 2 aromatic rings. The van der Waals surface area contributed by atoms with E-state index in [2.05, 4.69) is 15.4 Å². The average Bonchev–Trinajstić information content (AvgIpc) is 2.88. The maximum Gasteiger partial charge on any atom is 0.433 e. The highest BCUT2D eigenvalue weighted by atomic mass is 16.6. The van der Waals surface area contributed by atoms with Crippen LogP contribution in [0, 0.1) is 0 Å². The minimum Gasteiger partial charge on any atom is -0.493 e. The number of urea groups is 1. The van der Waals surface area contributed by atoms with Crippen LogP contribution in [0.2, 0.25) is 0 Å². The van der Waals surface area contributed by atoms with Crippen molar-refractivity contribution in [1.29, 1.82) is 0 Å². The van der Waals surface area contributed by atoms with Crippen molar-refractivity contribution in [2.45, 2.75) is 6.17 Å². The molecule has 0 spiro atoms. The van der Waals surface area contributed by atoms with E-state index in [9.17, 15) is 9.59 Å². The van der Waals surface area contributed by atoms with E-state index >= 15 is 0 Å². The zero-order valence-electron chi connectivity index (χ0n) is 18.2. The fraction of sp³-hybridized carbons (Fsp3) is 0.217. The van der Waals surface area contributed by atoms with Crippen molar-refractivity contribution in [1.82, 2.24) is 15.2 Å². The summed E-state index contributed by atoms with van der Waals surface area (Å²) >= 11 is 0. The summed E-state index contributed by atoms with van der Waals surface area (Å²) in [5.41, 5.74) is 1.85. The lowest BCUT2D eigenvalue weighted by Gasteiger charge is -2.32. The van der Waals surface area contributed by atoms with Crippen molar-refractivity contribution in [2.75, 3.05) is 27.4 Å². The molecule has 0 saturated heterocycles. The van der Waals surface area contributed by atoms with E-state index < -0.39 is 18.3 Å². The maximum atomic E-state index is 12.9. The van der Waals surface area contributed by atoms with Crippen LogP contribution in [-0.4, -0.2) is 61.3 Å². The van der Waals surface area contributed by atoms with E-state index in [0.717, 1.165) is 5.01 Å². The largest absolute Gasteiger partial charge is 0.493 e. The molecule has 1 unspecified atom stereocenters. The summed E-state index contributed by atoms with van der Waals surface area (Å²) in [6.45, 7) is 0.292. The van der Waals surface area contributed by atoms with Gasteiger partial charge in [0.1, 0.15) is 12.3 Å². The predicted octanol–water partition coefficient (Wildman–Crippen LogP) is 3.13. The molecule has 1 N–H and O–H groups in total. The van der Waals surface area contributed by atoms with Gasteiger partial charge in [-0.3, -0.25) is 9.89 Å². The van der Waals surface area contributed by atoms with Crippen molar-refractivity contribution in [3.63, 3.8) is 0 Å². The fourth-order valence-corrected chi connectivity index (χ4v) is 3.36. The van der Waals surface area contributed by atoms with Crippen LogP contribution >= 0.6 is 0 Å². The first-order valence-corrected chi connectivity index (χ1v) is 10.2. The third-order valence-corrected chi connectivity index (χ3v) is 5.06. The second-order valence-electron chi connectivity index (χ2n) is 7.06. The zero-order chi connectivity index (χ0) is 23.2. The molecule has 4 rings (SSSR count). The molecule has 10 nitrogen and oxygen atoms in total. The smallest absolute Gasteiger partial charge is 0.433 e. The molecule has 33 heavy (non-hydrogen) atoms. The maximum absolute atomic E-state index is 12.9. The van der Waals surface area contributed by atoms with Gasteiger partial charge in [0.15, 0.2) is 17.7 Å². The van der Waals surface area contributed by atoms with Gasteiger partial charge in [0.25, 0.3) is 0 Å². The predicted molar refractivity (Wildman–Crippen MR) is 121 cm³/mol. The van der Waals surface area contributed by atoms with Gasteiger partial charge in [-0.2, -0.15) is 10.1 Å². The Labute approximate surface area is 190 Å². The number of ether oxygens (including phenoxy) is 3. The van der Waals surface area contributed by atoms with Gasteiger partial charge in [0.05, 0.1) is 20.8 Å². The Bertz CT molecular complexity index is 1120. The number of nitrogens with zero attached hydrogens (tertiary/aromatic N) is 4. The Balaban J connectivity index is 1.67. The highest BCUT2D eigenvalue weighted by Crippen LogP contribution is 2.29. The Morgan fingerprint density at radius 1 is 1.12 bits per heavy atom. The number of methoxy groups -OCH3 is 2. The van der Waals surface area contributed by atoms with Crippen LogP contribution in [0.15, 0.2) is 71.0 Å². The van der Waals surface area contributed by atoms with Crippen LogP contribution in [-0.2, 0) is 4.74 Å². The molecular formula is C23H23N5O5. The van der Waals surface area contributed by atoms with E-state index in [1.807, 2.05) is 18.2 Å². The molecule has 2 aromatic carbocycles. The molecular weight excluding hydrogens is 426 g/mol. The van der Waals surface area contributed by atoms with Gasteiger partial charge < -0.3 is 19.5 Å². The van der Waals surface area contributed by atoms with E-state index in [1.54, 1.807) is 49.9 Å². The van der Waals surface area contributed by atoms with Gasteiger partial charge in [0.2, 0.25) is 0 Å². The number of cyclic esters (lactones) is 1. The molecule has 3 amide bonds. The Hall–Kier alpha value is -4.34. The van der Waals surface area contributed by atoms with Gasteiger partial charge in [-0.05, 0) is 23.8 Å². The Morgan fingerprint density at radius 3 is 2.61 bits per heavy atom. The number of amides is 3. The van der Waals surface area contributed by atoms with Crippen molar-refractivity contribution in [3.8, 4) is 11.5 Å². The van der Waals surface area contributed by atoms with Crippen molar-refractivity contribution >= 4 is 24.1 Å². The van der Waals surface area contributed by atoms with Crippen LogP contribution in [0.5, 0.6) is 11.5 Å². The number of carbonyl (C=O) groups is 2. The molecule has 1 atom stereocenters. The first kappa shape index (κ1) is 21.9. The quantitative estimate of drug-likeness (QED) is 0.730. The lowest BCUT2D eigenvalue weighted by atomic mass is 10.1. The number of benzene rings is 2. The second kappa shape index (κ2) is 9.86. The third kappa shape index (κ3) is 4.79. The van der Waals surface area contributed by atoms with E-state index in [0.29, 0.717) is 34.9 Å². The minimum absolute atomic E-state index is 0.0222. The van der Waals surface area contributed by atoms with Crippen LogP contribution in [0.1, 0.15) is 17.3 Å². The van der Waals surface area contributed by atoms with Crippen molar-refractivity contribution in [3.05, 3.63) is 72.1 Å². The molecule has 2 aliphatic rings. The second-order valence-corrected chi connectivity index (χ2v) is 7.06. The number of hydrogen-bond donors (Lipinski definition) is 1. The molecule has 0 aromatic heterocycles. The van der Waals surface area contributed by atoms with Gasteiger partial charge in [-0.15, -0.1) is 0 Å². The first-order valence-electron chi connectivity index (χ1n) is 10.2. The summed E-state index contributed by atoms with van der Waals surface area (Å²) in [6, 6.07) is 14.0. The summed E-state index contributed by atoms with van der Waals surface area (Å²) in [7, 11) is 3.09. The summed E-state index contributed by atoms with van der Waals surface area (Å²) in [6.07, 6.45) is 3.12. The lowest BCUT2D eigenvalue weighted by Crippen LogP contribution is -2.48. The number of hydrogen-bond acceptors (Lipinski definition) is 7. The Kier molecular flexibility index (Phi) is 6.53. The number of rotatable bonds is 6. The van der Waals surface area contributed by atoms with E-state index in [4.69, 9.17) is 14.2 Å². The van der Waals surface area contributed by atoms with Crippen LogP contribution in [0.3, 0.4) is 0 Å². The fourth-order valence-electron chi connectivity index (χ4n) is 3.36. The monoisotopic (exact) mass is 449 g/mol. The van der Waals surface area contributed by atoms with E-state index in [1.165, 1.54) is 18.2 Å². The van der Waals surface area contributed by atoms with E-state index in [-0.39, 0.29) is 6.61 Å². The van der Waals surface area contributed by atoms with Crippen molar-refractivity contribution < 1.29 is 23.8 Å². The molecule has 0 saturated carbocycles. The van der Waals surface area contributed by atoms with Gasteiger partial charge >= 0.3 is 12.1 Å². The van der Waals surface area contributed by atoms with Crippen LogP contribution < -0.4 is 14.8 Å². The lowest BCUT2D eigenvalue weighted by molar-refractivity contribution is 0.0812. The number of aliphatic imine (C=N–C) groups is 1. The molecule has 0 fully saturated rings. The third-order valence-electron chi connectivity index (χ3n) is 5.06. The molecule has 2 heterocycles. The van der Waals surface area contributed by atoms with Crippen LogP contribution in [0.25, 0.3) is 0 Å². The highest BCUT2D eigenvalue weighted by Gasteiger charge is 2.33. The van der Waals surface area contributed by atoms with Crippen molar-refractivity contribution in [2.24, 2.45) is 10.1 Å². The Morgan fingerprint density at radius 2 is 1.91 bits per heavy atom. The number of hydrazone groups is 1. The van der Waals surface area contributed by atoms with Gasteiger partial charge in [0, 0.05) is 24.2 Å². The molecule has 0 aliphatic carbocycles. The molecule has 2 aliphatic heterocycles. The number of nitrogens with one attached hydrogen (secondary N) is 1. The zero-order valence-corrected chi connectivity index (χ0v) is 18.2. The standard InChI is InChI=1S/C23H23N5O5/c1-31-19-9-8-17(14-20(19)32-2)18-15-33-23(30)28(26-18)21(16-6-4-3-5-7-16)25-22(29)27-12-10-24-11-13-27/h3-12,14,21H,13,15H2,1-2H3,(H,25,29). The summed E-state index contributed by atoms with van der Waals surface area (Å²) in [5.74, 6) is 1.09. The summed E-state index contributed by atoms with van der Waals surface area (Å²) in [4.78, 5) is 31.0. The summed E-state index contributed by atoms with van der Waals surface area (Å²) < 4.78 is 16.1. The van der Waals surface area contributed by atoms with Gasteiger partial charge in [-0.1, -0.05) is 30.3 Å². The first-order chi connectivity index (χ1) is 16.1. The normalized spacial score (nSPS) is 16.1. The SMILES string of the molecule is COc1ccc(C2=NN(C(NC(=O)N3C=CN=CC3)c3ccccc3)C(=O)OC2)cc1OC. The highest BCUT2D eigenvalue weighted by molar-refractivity contribution is 6.04.